The molecule has 0 saturated carbocycles. The van der Waals surface area contributed by atoms with Gasteiger partial charge in [-0.15, -0.1) is 0 Å². The normalized spacial score (nSPS) is 16.2. The molecule has 1 aromatic carbocycles. The molecular formula is C19H14ClN5O4. The molecule has 29 heavy (non-hydrogen) atoms. The molecule has 1 aliphatic rings. The van der Waals surface area contributed by atoms with E-state index < -0.39 is 0 Å². The van der Waals surface area contributed by atoms with Gasteiger partial charge in [-0.25, -0.2) is 4.98 Å². The Hall–Kier alpha value is -3.59. The summed E-state index contributed by atoms with van der Waals surface area (Å²) < 4.78 is 11.4. The van der Waals surface area contributed by atoms with Crippen molar-refractivity contribution in [3.05, 3.63) is 41.4 Å². The van der Waals surface area contributed by atoms with Crippen LogP contribution in [0.2, 0.25) is 5.28 Å². The van der Waals surface area contributed by atoms with E-state index in [-0.39, 0.29) is 40.6 Å². The predicted octanol–water partition coefficient (Wildman–Crippen LogP) is 3.47. The molecule has 5 rings (SSSR count). The second kappa shape index (κ2) is 6.49. The number of amides is 1. The first-order chi connectivity index (χ1) is 14.0. The minimum absolute atomic E-state index is 0.0237. The van der Waals surface area contributed by atoms with E-state index in [1.165, 1.54) is 6.07 Å². The van der Waals surface area contributed by atoms with E-state index in [9.17, 15) is 9.90 Å². The highest BCUT2D eigenvalue weighted by Gasteiger charge is 2.26. The smallest absolute Gasteiger partial charge is 0.289 e. The first-order valence-corrected chi connectivity index (χ1v) is 9.18. The predicted molar refractivity (Wildman–Crippen MR) is 106 cm³/mol. The zero-order chi connectivity index (χ0) is 20.1. The maximum absolute atomic E-state index is 12.4. The highest BCUT2D eigenvalue weighted by atomic mass is 35.5. The van der Waals surface area contributed by atoms with Gasteiger partial charge in [-0.1, -0.05) is 0 Å². The summed E-state index contributed by atoms with van der Waals surface area (Å²) in [4.78, 5) is 24.4. The molecule has 0 fully saturated rings. The Balaban J connectivity index is 1.61. The Morgan fingerprint density at radius 1 is 1.21 bits per heavy atom. The first kappa shape index (κ1) is 17.5. The molecule has 3 aromatic heterocycles. The topological polar surface area (TPSA) is 122 Å². The van der Waals surface area contributed by atoms with Crippen molar-refractivity contribution in [3.8, 4) is 17.6 Å². The fourth-order valence-corrected chi connectivity index (χ4v) is 3.48. The lowest BCUT2D eigenvalue weighted by Crippen LogP contribution is -2.34. The summed E-state index contributed by atoms with van der Waals surface area (Å²) in [6.07, 6.45) is 0. The number of fused-ring (bicyclic) bond motifs is 5. The molecule has 0 unspecified atom stereocenters. The van der Waals surface area contributed by atoms with Gasteiger partial charge in [-0.3, -0.25) is 4.79 Å². The van der Waals surface area contributed by atoms with Crippen molar-refractivity contribution in [2.45, 2.75) is 13.0 Å². The molecule has 146 valence electrons. The fraction of sp³-hybridized carbons (Fsp3) is 0.158. The van der Waals surface area contributed by atoms with E-state index in [4.69, 9.17) is 20.8 Å². The minimum atomic E-state index is -0.304. The molecule has 10 heteroatoms. The van der Waals surface area contributed by atoms with E-state index in [2.05, 4.69) is 25.6 Å². The number of aromatic nitrogens is 3. The first-order valence-electron chi connectivity index (χ1n) is 8.80. The zero-order valence-corrected chi connectivity index (χ0v) is 15.8. The molecule has 9 nitrogen and oxygen atoms in total. The molecule has 1 aliphatic heterocycles. The lowest BCUT2D eigenvalue weighted by molar-refractivity contribution is 0.0920. The molecule has 0 bridgehead atoms. The van der Waals surface area contributed by atoms with Gasteiger partial charge in [0.05, 0.1) is 22.7 Å². The van der Waals surface area contributed by atoms with Gasteiger partial charge >= 0.3 is 0 Å². The van der Waals surface area contributed by atoms with Gasteiger partial charge in [0.15, 0.2) is 0 Å². The summed E-state index contributed by atoms with van der Waals surface area (Å²) in [6.45, 7) is 2.50. The van der Waals surface area contributed by atoms with Gasteiger partial charge in [-0.05, 0) is 36.7 Å². The lowest BCUT2D eigenvalue weighted by atomic mass is 10.1. The van der Waals surface area contributed by atoms with Crippen LogP contribution in [-0.4, -0.2) is 38.6 Å². The van der Waals surface area contributed by atoms with Crippen molar-refractivity contribution in [3.63, 3.8) is 0 Å². The van der Waals surface area contributed by atoms with Gasteiger partial charge in [-0.2, -0.15) is 9.97 Å². The Bertz CT molecular complexity index is 1270. The van der Waals surface area contributed by atoms with Gasteiger partial charge < -0.3 is 24.9 Å². The number of halogens is 1. The Kier molecular flexibility index (Phi) is 3.92. The number of furan rings is 1. The molecule has 3 N–H and O–H groups in total. The average Bonchev–Trinajstić information content (AvgIpc) is 2.98. The number of ether oxygens (including phenoxy) is 1. The Labute approximate surface area is 168 Å². The van der Waals surface area contributed by atoms with E-state index >= 15 is 0 Å². The number of carbonyl (C=O) groups is 1. The number of aromatic hydroxyl groups is 1. The van der Waals surface area contributed by atoms with Crippen molar-refractivity contribution in [2.75, 3.05) is 11.9 Å². The molecule has 0 aliphatic carbocycles. The third kappa shape index (κ3) is 3.05. The third-order valence-corrected chi connectivity index (χ3v) is 4.71. The maximum atomic E-state index is 12.4. The van der Waals surface area contributed by atoms with Crippen molar-refractivity contribution < 1.29 is 19.1 Å². The van der Waals surface area contributed by atoms with E-state index in [1.807, 2.05) is 13.0 Å². The van der Waals surface area contributed by atoms with E-state index in [0.717, 1.165) is 10.8 Å². The summed E-state index contributed by atoms with van der Waals surface area (Å²) in [6, 6.07) is 8.23. The van der Waals surface area contributed by atoms with Crippen LogP contribution in [0.3, 0.4) is 0 Å². The van der Waals surface area contributed by atoms with E-state index in [0.29, 0.717) is 23.3 Å². The van der Waals surface area contributed by atoms with Crippen LogP contribution in [0.5, 0.6) is 17.6 Å². The van der Waals surface area contributed by atoms with Crippen LogP contribution in [0.15, 0.2) is 34.7 Å². The molecule has 0 radical (unpaired) electrons. The monoisotopic (exact) mass is 411 g/mol. The van der Waals surface area contributed by atoms with Crippen molar-refractivity contribution >= 4 is 45.1 Å². The summed E-state index contributed by atoms with van der Waals surface area (Å²) in [5, 5.41) is 17.1. The number of hydrogen-bond donors (Lipinski definition) is 3. The number of pyridine rings is 1. The van der Waals surface area contributed by atoms with Crippen LogP contribution in [0.4, 0.5) is 5.69 Å². The maximum Gasteiger partial charge on any atom is 0.289 e. The largest absolute Gasteiger partial charge is 0.493 e. The molecule has 4 heterocycles. The van der Waals surface area contributed by atoms with E-state index in [1.54, 1.807) is 18.2 Å². The van der Waals surface area contributed by atoms with Crippen molar-refractivity contribution in [1.82, 2.24) is 20.3 Å². The number of nitrogens with one attached hydrogen (secondary N) is 2. The van der Waals surface area contributed by atoms with Crippen molar-refractivity contribution in [1.29, 1.82) is 0 Å². The van der Waals surface area contributed by atoms with Crippen LogP contribution in [0.25, 0.3) is 21.9 Å². The molecular weight excluding hydrogens is 398 g/mol. The second-order valence-corrected chi connectivity index (χ2v) is 6.99. The molecule has 1 amide bonds. The highest BCUT2D eigenvalue weighted by Crippen LogP contribution is 2.37. The number of nitrogens with zero attached hydrogens (tertiary/aromatic N) is 3. The minimum Gasteiger partial charge on any atom is -0.493 e. The summed E-state index contributed by atoms with van der Waals surface area (Å²) >= 11 is 5.73. The van der Waals surface area contributed by atoms with Gasteiger partial charge in [0.2, 0.25) is 28.7 Å². The SMILES string of the molecule is C[C@@H]1CNc2c(oc3ccc4nc(Oc5cc(O)nc(Cl)n5)ccc4c23)C(=O)N1. The van der Waals surface area contributed by atoms with Crippen LogP contribution in [0, 0.1) is 0 Å². The van der Waals surface area contributed by atoms with Crippen molar-refractivity contribution in [2.24, 2.45) is 0 Å². The number of benzene rings is 1. The molecule has 4 aromatic rings. The standard InChI is InChI=1S/C19H14ClN5O4/c1-8-7-21-16-15-9-2-5-13(29-14-6-12(26)24-19(20)25-14)23-10(9)3-4-11(15)28-17(16)18(27)22-8/h2-6,8,21H,7H2,1H3,(H,22,27)(H,24,25,26)/t8-/m1/s1. The summed E-state index contributed by atoms with van der Waals surface area (Å²) in [5.74, 6) is 0.0283. The zero-order valence-electron chi connectivity index (χ0n) is 15.1. The summed E-state index contributed by atoms with van der Waals surface area (Å²) in [7, 11) is 0. The molecule has 0 saturated heterocycles. The van der Waals surface area contributed by atoms with Crippen LogP contribution < -0.4 is 15.4 Å². The summed E-state index contributed by atoms with van der Waals surface area (Å²) in [5.41, 5.74) is 1.88. The number of anilines is 1. The number of hydrogen-bond acceptors (Lipinski definition) is 8. The third-order valence-electron chi connectivity index (χ3n) is 4.54. The Morgan fingerprint density at radius 2 is 2.07 bits per heavy atom. The second-order valence-electron chi connectivity index (χ2n) is 6.65. The quantitative estimate of drug-likeness (QED) is 0.428. The van der Waals surface area contributed by atoms with Crippen LogP contribution in [0.1, 0.15) is 17.5 Å². The van der Waals surface area contributed by atoms with Gasteiger partial charge in [0.1, 0.15) is 5.58 Å². The van der Waals surface area contributed by atoms with Crippen LogP contribution >= 0.6 is 11.6 Å². The Morgan fingerprint density at radius 3 is 2.90 bits per heavy atom. The van der Waals surface area contributed by atoms with Crippen LogP contribution in [-0.2, 0) is 0 Å². The molecule has 1 atom stereocenters. The highest BCUT2D eigenvalue weighted by molar-refractivity contribution is 6.28. The average molecular weight is 412 g/mol. The number of carbonyl (C=O) groups excluding carboxylic acids is 1. The fourth-order valence-electron chi connectivity index (χ4n) is 3.31. The molecule has 0 spiro atoms. The lowest BCUT2D eigenvalue weighted by Gasteiger charge is -2.09. The number of rotatable bonds is 2. The van der Waals surface area contributed by atoms with Gasteiger partial charge in [0, 0.05) is 24.0 Å². The van der Waals surface area contributed by atoms with Gasteiger partial charge in [0.25, 0.3) is 5.91 Å².